The molecule has 0 aliphatic rings. The van der Waals surface area contributed by atoms with Gasteiger partial charge in [0.1, 0.15) is 12.4 Å². The molecule has 7 heteroatoms. The van der Waals surface area contributed by atoms with Crippen LogP contribution in [0.15, 0.2) is 54.6 Å². The van der Waals surface area contributed by atoms with Crippen molar-refractivity contribution in [2.75, 3.05) is 18.5 Å². The normalized spacial score (nSPS) is 14.0. The average Bonchev–Trinajstić information content (AvgIpc) is 2.58. The number of benzene rings is 2. The fourth-order valence-corrected chi connectivity index (χ4v) is 2.00. The molecule has 0 amide bonds. The van der Waals surface area contributed by atoms with Gasteiger partial charge >= 0.3 is 6.18 Å². The topological polar surface area (TPSA) is 67.5 Å². The summed E-state index contributed by atoms with van der Waals surface area (Å²) in [6.07, 6.45) is -5.38. The van der Waals surface area contributed by atoms with E-state index in [2.05, 4.69) is 5.32 Å². The van der Waals surface area contributed by atoms with Crippen molar-refractivity contribution in [2.45, 2.75) is 18.3 Å². The van der Waals surface area contributed by atoms with E-state index in [1.54, 1.807) is 12.1 Å². The molecule has 2 aromatic rings. The molecule has 2 rings (SSSR count). The molecule has 0 aliphatic carbocycles. The molecule has 130 valence electrons. The van der Waals surface area contributed by atoms with E-state index in [1.807, 2.05) is 18.2 Å². The fourth-order valence-electron chi connectivity index (χ4n) is 2.00. The van der Waals surface area contributed by atoms with E-state index in [0.29, 0.717) is 5.75 Å². The number of nitrogens with two attached hydrogens (primary N) is 1. The van der Waals surface area contributed by atoms with Crippen LogP contribution >= 0.6 is 0 Å². The highest BCUT2D eigenvalue weighted by molar-refractivity contribution is 5.46. The van der Waals surface area contributed by atoms with Crippen molar-refractivity contribution in [3.63, 3.8) is 0 Å². The number of hydrogen-bond acceptors (Lipinski definition) is 4. The average molecular weight is 340 g/mol. The summed E-state index contributed by atoms with van der Waals surface area (Å²) in [6.45, 7) is 0.107. The van der Waals surface area contributed by atoms with E-state index in [0.717, 1.165) is 12.1 Å². The SMILES string of the molecule is NC(COc1ccccc1)C(O)CNc1cccc(C(F)(F)F)c1. The summed E-state index contributed by atoms with van der Waals surface area (Å²) in [6, 6.07) is 13.1. The molecule has 0 spiro atoms. The van der Waals surface area contributed by atoms with Crippen LogP contribution in [-0.2, 0) is 6.18 Å². The summed E-state index contributed by atoms with van der Waals surface area (Å²) in [4.78, 5) is 0. The van der Waals surface area contributed by atoms with Gasteiger partial charge in [0.25, 0.3) is 0 Å². The van der Waals surface area contributed by atoms with Crippen LogP contribution < -0.4 is 15.8 Å². The summed E-state index contributed by atoms with van der Waals surface area (Å²) in [5.41, 5.74) is 5.35. The molecule has 0 fully saturated rings. The maximum absolute atomic E-state index is 12.6. The van der Waals surface area contributed by atoms with Gasteiger partial charge in [0, 0.05) is 12.2 Å². The number of aliphatic hydroxyl groups is 1. The molecule has 0 aromatic heterocycles. The zero-order chi connectivity index (χ0) is 17.6. The number of rotatable bonds is 7. The Bertz CT molecular complexity index is 635. The van der Waals surface area contributed by atoms with Crippen molar-refractivity contribution in [1.82, 2.24) is 0 Å². The molecule has 2 unspecified atom stereocenters. The lowest BCUT2D eigenvalue weighted by atomic mass is 10.1. The van der Waals surface area contributed by atoms with Gasteiger partial charge in [0.2, 0.25) is 0 Å². The first-order valence-corrected chi connectivity index (χ1v) is 7.39. The van der Waals surface area contributed by atoms with Gasteiger partial charge in [-0.2, -0.15) is 13.2 Å². The van der Waals surface area contributed by atoms with E-state index < -0.39 is 23.9 Å². The molecule has 4 N–H and O–H groups in total. The van der Waals surface area contributed by atoms with Crippen LogP contribution in [0.3, 0.4) is 0 Å². The fraction of sp³-hybridized carbons (Fsp3) is 0.294. The second-order valence-electron chi connectivity index (χ2n) is 5.31. The molecule has 24 heavy (non-hydrogen) atoms. The van der Waals surface area contributed by atoms with Gasteiger partial charge in [-0.05, 0) is 30.3 Å². The Balaban J connectivity index is 1.83. The molecule has 0 saturated heterocycles. The summed E-state index contributed by atoms with van der Waals surface area (Å²) in [7, 11) is 0. The third kappa shape index (κ3) is 5.43. The zero-order valence-electron chi connectivity index (χ0n) is 12.8. The van der Waals surface area contributed by atoms with Gasteiger partial charge in [-0.1, -0.05) is 24.3 Å². The van der Waals surface area contributed by atoms with Gasteiger partial charge < -0.3 is 20.9 Å². The van der Waals surface area contributed by atoms with Crippen LogP contribution in [0.25, 0.3) is 0 Å². The number of anilines is 1. The van der Waals surface area contributed by atoms with E-state index >= 15 is 0 Å². The van der Waals surface area contributed by atoms with Gasteiger partial charge in [0.05, 0.1) is 17.7 Å². The molecular weight excluding hydrogens is 321 g/mol. The third-order valence-corrected chi connectivity index (χ3v) is 3.39. The minimum absolute atomic E-state index is 0.0145. The third-order valence-electron chi connectivity index (χ3n) is 3.39. The lowest BCUT2D eigenvalue weighted by Crippen LogP contribution is -2.43. The standard InChI is InChI=1S/C17H19F3N2O2/c18-17(19,20)12-5-4-6-13(9-12)22-10-16(23)15(21)11-24-14-7-2-1-3-8-14/h1-9,15-16,22-23H,10-11,21H2. The molecule has 2 atom stereocenters. The zero-order valence-corrected chi connectivity index (χ0v) is 12.8. The summed E-state index contributed by atoms with van der Waals surface area (Å²) in [5.74, 6) is 0.631. The van der Waals surface area contributed by atoms with Crippen molar-refractivity contribution in [1.29, 1.82) is 0 Å². The van der Waals surface area contributed by atoms with Crippen LogP contribution in [0.5, 0.6) is 5.75 Å². The van der Waals surface area contributed by atoms with Gasteiger partial charge in [0.15, 0.2) is 0 Å². The van der Waals surface area contributed by atoms with Crippen LogP contribution in [0.1, 0.15) is 5.56 Å². The molecule has 2 aromatic carbocycles. The number of alkyl halides is 3. The Hall–Kier alpha value is -2.25. The minimum atomic E-state index is -4.41. The van der Waals surface area contributed by atoms with Gasteiger partial charge in [-0.25, -0.2) is 0 Å². The van der Waals surface area contributed by atoms with Crippen molar-refractivity contribution < 1.29 is 23.0 Å². The van der Waals surface area contributed by atoms with E-state index in [1.165, 1.54) is 12.1 Å². The minimum Gasteiger partial charge on any atom is -0.492 e. The Morgan fingerprint density at radius 2 is 1.79 bits per heavy atom. The maximum atomic E-state index is 12.6. The van der Waals surface area contributed by atoms with E-state index in [4.69, 9.17) is 10.5 Å². The summed E-state index contributed by atoms with van der Waals surface area (Å²) >= 11 is 0. The molecule has 0 radical (unpaired) electrons. The Labute approximate surface area is 138 Å². The van der Waals surface area contributed by atoms with Gasteiger partial charge in [-0.3, -0.25) is 0 Å². The second-order valence-corrected chi connectivity index (χ2v) is 5.31. The second kappa shape index (κ2) is 8.03. The number of aliphatic hydroxyl groups excluding tert-OH is 1. The molecule has 4 nitrogen and oxygen atoms in total. The lowest BCUT2D eigenvalue weighted by molar-refractivity contribution is -0.137. The quantitative estimate of drug-likeness (QED) is 0.725. The van der Waals surface area contributed by atoms with Crippen molar-refractivity contribution in [3.8, 4) is 5.75 Å². The number of nitrogens with one attached hydrogen (secondary N) is 1. The predicted molar refractivity (Wildman–Crippen MR) is 85.9 cm³/mol. The smallest absolute Gasteiger partial charge is 0.416 e. The Morgan fingerprint density at radius 3 is 2.46 bits per heavy atom. The van der Waals surface area contributed by atoms with Crippen LogP contribution in [0.2, 0.25) is 0 Å². The highest BCUT2D eigenvalue weighted by atomic mass is 19.4. The highest BCUT2D eigenvalue weighted by Gasteiger charge is 2.30. The lowest BCUT2D eigenvalue weighted by Gasteiger charge is -2.20. The van der Waals surface area contributed by atoms with Gasteiger partial charge in [-0.15, -0.1) is 0 Å². The van der Waals surface area contributed by atoms with Crippen LogP contribution in [0, 0.1) is 0 Å². The number of hydrogen-bond donors (Lipinski definition) is 3. The molecule has 0 heterocycles. The first-order valence-electron chi connectivity index (χ1n) is 7.39. The maximum Gasteiger partial charge on any atom is 0.416 e. The first-order chi connectivity index (χ1) is 11.4. The molecule has 0 saturated carbocycles. The molecule has 0 bridgehead atoms. The van der Waals surface area contributed by atoms with E-state index in [9.17, 15) is 18.3 Å². The van der Waals surface area contributed by atoms with Crippen molar-refractivity contribution >= 4 is 5.69 Å². The van der Waals surface area contributed by atoms with Crippen LogP contribution in [0.4, 0.5) is 18.9 Å². The number of halogens is 3. The van der Waals surface area contributed by atoms with Crippen LogP contribution in [-0.4, -0.2) is 30.4 Å². The number of ether oxygens (including phenoxy) is 1. The summed E-state index contributed by atoms with van der Waals surface area (Å²) < 4.78 is 43.4. The largest absolute Gasteiger partial charge is 0.492 e. The predicted octanol–water partition coefficient (Wildman–Crippen LogP) is 2.88. The Morgan fingerprint density at radius 1 is 1.08 bits per heavy atom. The Kier molecular flexibility index (Phi) is 6.05. The van der Waals surface area contributed by atoms with E-state index in [-0.39, 0.29) is 18.8 Å². The molecule has 0 aliphatic heterocycles. The van der Waals surface area contributed by atoms with Crippen molar-refractivity contribution in [2.24, 2.45) is 5.73 Å². The summed E-state index contributed by atoms with van der Waals surface area (Å²) in [5, 5.41) is 12.7. The monoisotopic (exact) mass is 340 g/mol. The molecular formula is C17H19F3N2O2. The van der Waals surface area contributed by atoms with Crippen molar-refractivity contribution in [3.05, 3.63) is 60.2 Å². The number of para-hydroxylation sites is 1. The first kappa shape index (κ1) is 18.1. The highest BCUT2D eigenvalue weighted by Crippen LogP contribution is 2.30.